The molecule has 0 spiro atoms. The molecule has 0 atom stereocenters. The van der Waals surface area contributed by atoms with Gasteiger partial charge in [0.25, 0.3) is 12.9 Å². The maximum absolute atomic E-state index is 13.5. The molecule has 10 N–H and O–H groups in total. The van der Waals surface area contributed by atoms with E-state index < -0.39 is 72.2 Å². The lowest BCUT2D eigenvalue weighted by atomic mass is 9.52. The second kappa shape index (κ2) is 39.7. The Morgan fingerprint density at radius 2 is 0.493 bits per heavy atom. The summed E-state index contributed by atoms with van der Waals surface area (Å²) in [6.45, 7) is 42.1. The molecule has 0 radical (unpaired) electrons. The highest BCUT2D eigenvalue weighted by Crippen LogP contribution is 2.62. The molecule has 0 bridgehead atoms. The molecule has 2 saturated carbocycles. The molecular weight excluding hydrogens is 1740 g/mol. The first-order chi connectivity index (χ1) is 65.2. The highest BCUT2D eigenvalue weighted by Gasteiger charge is 2.51. The number of hydrogen-bond donors (Lipinski definition) is 10. The first-order valence-corrected chi connectivity index (χ1v) is 47.3. The Morgan fingerprint density at radius 3 is 0.696 bits per heavy atom. The highest BCUT2D eigenvalue weighted by molar-refractivity contribution is 5.72. The largest absolute Gasteiger partial charge is 0.511 e. The number of aromatic hydroxyl groups is 8. The van der Waals surface area contributed by atoms with E-state index in [2.05, 4.69) is 62.4 Å². The third-order valence-corrected chi connectivity index (χ3v) is 30.8. The highest BCUT2D eigenvalue weighted by atomic mass is 16.7. The Kier molecular flexibility index (Phi) is 28.8. The van der Waals surface area contributed by atoms with E-state index in [-0.39, 0.29) is 63.6 Å². The zero-order valence-corrected chi connectivity index (χ0v) is 83.3. The summed E-state index contributed by atoms with van der Waals surface area (Å²) in [6.07, 6.45) is 3.37. The van der Waals surface area contributed by atoms with Gasteiger partial charge in [-0.1, -0.05) is 111 Å². The third-order valence-electron chi connectivity index (χ3n) is 30.8. The van der Waals surface area contributed by atoms with Gasteiger partial charge >= 0.3 is 12.1 Å². The molecular formula is C118H130O20. The Hall–Kier alpha value is -13.9. The van der Waals surface area contributed by atoms with E-state index in [1.807, 2.05) is 187 Å². The van der Waals surface area contributed by atoms with Gasteiger partial charge in [-0.2, -0.15) is 0 Å². The van der Waals surface area contributed by atoms with Crippen LogP contribution in [0.25, 0.3) is 0 Å². The van der Waals surface area contributed by atoms with Gasteiger partial charge in [0.15, 0.2) is 6.61 Å². The van der Waals surface area contributed by atoms with E-state index in [4.69, 9.17) is 28.4 Å². The predicted octanol–water partition coefficient (Wildman–Crippen LogP) is 25.4. The number of carboxylic acids is 1. The number of phenolic OH excluding ortho intramolecular Hbond substituents is 8. The van der Waals surface area contributed by atoms with Gasteiger partial charge in [0.1, 0.15) is 69.0 Å². The van der Waals surface area contributed by atoms with Crippen LogP contribution in [-0.2, 0) is 34.7 Å². The maximum Gasteiger partial charge on any atom is 0.511 e. The van der Waals surface area contributed by atoms with Crippen molar-refractivity contribution in [3.8, 4) is 69.0 Å². The van der Waals surface area contributed by atoms with Crippen LogP contribution in [0.4, 0.5) is 4.79 Å². The lowest BCUT2D eigenvalue weighted by Gasteiger charge is -2.52. The number of aryl methyl sites for hydroxylation is 20. The predicted molar refractivity (Wildman–Crippen MR) is 535 cm³/mol. The first kappa shape index (κ1) is 100. The van der Waals surface area contributed by atoms with Gasteiger partial charge in [0, 0.05) is 56.8 Å². The number of rotatable bonds is 30. The Morgan fingerprint density at radius 1 is 0.290 bits per heavy atom. The summed E-state index contributed by atoms with van der Waals surface area (Å²) in [7, 11) is 0. The van der Waals surface area contributed by atoms with Crippen molar-refractivity contribution in [1.82, 2.24) is 0 Å². The molecule has 12 aromatic carbocycles. The fourth-order valence-corrected chi connectivity index (χ4v) is 23.0. The molecule has 0 unspecified atom stereocenters. The number of benzene rings is 12. The fraction of sp³-hybridized carbons (Fsp3) is 0.356. The lowest BCUT2D eigenvalue weighted by Crippen LogP contribution is -2.43. The van der Waals surface area contributed by atoms with E-state index in [1.54, 1.807) is 48.5 Å². The average Bonchev–Trinajstić information content (AvgIpc) is 0.726. The maximum atomic E-state index is 13.5. The number of phenols is 8. The van der Waals surface area contributed by atoms with Crippen LogP contribution in [0.1, 0.15) is 289 Å². The van der Waals surface area contributed by atoms with Crippen molar-refractivity contribution in [2.24, 2.45) is 17.3 Å². The van der Waals surface area contributed by atoms with E-state index in [1.165, 1.54) is 0 Å². The summed E-state index contributed by atoms with van der Waals surface area (Å²) in [4.78, 5) is 51.0. The average molecular weight is 1870 g/mol. The molecule has 0 aliphatic heterocycles. The van der Waals surface area contributed by atoms with Gasteiger partial charge in [0.2, 0.25) is 13.6 Å². The number of aliphatic carboxylic acids is 1. The summed E-state index contributed by atoms with van der Waals surface area (Å²) < 4.78 is 37.1. The second-order valence-corrected chi connectivity index (χ2v) is 40.2. The fourth-order valence-electron chi connectivity index (χ4n) is 23.0. The van der Waals surface area contributed by atoms with Crippen molar-refractivity contribution < 1.29 is 98.7 Å². The van der Waals surface area contributed by atoms with Crippen LogP contribution < -0.4 is 18.9 Å². The smallest absolute Gasteiger partial charge is 0.508 e. The molecule has 20 nitrogen and oxygen atoms in total. The molecule has 12 aromatic rings. The number of carboxylic acid groups (broad SMARTS) is 2. The summed E-state index contributed by atoms with van der Waals surface area (Å²) in [5.74, 6) is -1.63. The number of hydrogen-bond acceptors (Lipinski definition) is 18. The van der Waals surface area contributed by atoms with Crippen LogP contribution in [0, 0.1) is 156 Å². The summed E-state index contributed by atoms with van der Waals surface area (Å²) in [5, 5.41) is 113. The topological polar surface area (TPSA) is 326 Å². The molecule has 14 rings (SSSR count). The monoisotopic (exact) mass is 1870 g/mol. The Bertz CT molecular complexity index is 6580. The molecule has 2 fully saturated rings. The quantitative estimate of drug-likeness (QED) is 0.00499. The van der Waals surface area contributed by atoms with Crippen molar-refractivity contribution in [1.29, 1.82) is 0 Å². The van der Waals surface area contributed by atoms with Crippen LogP contribution in [0.15, 0.2) is 146 Å². The van der Waals surface area contributed by atoms with E-state index in [0.717, 1.165) is 122 Å². The van der Waals surface area contributed by atoms with Crippen LogP contribution in [0.2, 0.25) is 0 Å². The van der Waals surface area contributed by atoms with Crippen molar-refractivity contribution >= 4 is 25.1 Å². The standard InChI is InChI=1S/C118H130O20/c1-60-43-98(121)68(9)35-86(60)107(87-36-69(10)99(122)44-61(87)2)94-51-82(31-76(17)111(94)135-55-106(129)130)117(83-32-77(18)112(136-58-133-56-119)95(52-83)108(88-37-70(11)100(123)45-62(88)3)89-38-71(12)101(124)46-63(89)4)27-23-80(24-28-117)116(21,22)81-25-29-118(30-26-81,85-34-79(20)114(138-115(131)132)97(54-85)110(92-41-74(15)104(127)49-66(92)7)93-42-75(16)105(128)50-67(93)8)84-33-78(19)113(137-59-134-57-120)96(53-84)109(90-39-72(13)102(125)47-64(90)5)91-40-73(14)103(126)48-65(91)6/h31-54,56-57,80-81,107-110,121-128H,23-30,55,58-59H2,1-22H3,(H,129,130)(H,131,132). The van der Waals surface area contributed by atoms with Crippen molar-refractivity contribution in [2.75, 3.05) is 20.2 Å². The van der Waals surface area contributed by atoms with Crippen molar-refractivity contribution in [3.63, 3.8) is 0 Å². The summed E-state index contributed by atoms with van der Waals surface area (Å²) >= 11 is 0. The number of carbonyl (C=O) groups excluding carboxylic acids is 2. The molecule has 2 aliphatic rings. The summed E-state index contributed by atoms with van der Waals surface area (Å²) in [5.41, 5.74) is 24.1. The van der Waals surface area contributed by atoms with Gasteiger partial charge in [0.05, 0.1) is 0 Å². The minimum atomic E-state index is -1.52. The van der Waals surface area contributed by atoms with E-state index >= 15 is 0 Å². The molecule has 0 aromatic heterocycles. The lowest BCUT2D eigenvalue weighted by molar-refractivity contribution is -0.139. The van der Waals surface area contributed by atoms with Gasteiger partial charge in [-0.3, -0.25) is 9.59 Å². The Labute approximate surface area is 809 Å². The van der Waals surface area contributed by atoms with Gasteiger partial charge in [-0.25, -0.2) is 9.59 Å². The SMILES string of the molecule is Cc1cc(C(c2cc(C)c(O)cc2C)c2cc(C3(c4cc(C)c(OCC(=O)O)c(C(c5cc(C)c(O)cc5C)c5cc(C)c(O)cc5C)c4)CCC(C(C)(C)C4CCC(c5cc(C)c(OCOC=O)c(C(c6cc(C)c(O)cc6C)c6cc(C)c(O)cc6C)c5)(c5cc(C)c(OC(=O)O)c(C(c6cc(C)c(O)cc6C)c6cc(C)c(O)cc6C)c5)CC4)CC3)cc(C)c2OCOC=O)c(C)cc1O. The van der Waals surface area contributed by atoms with Crippen LogP contribution in [0.3, 0.4) is 0 Å². The van der Waals surface area contributed by atoms with E-state index in [9.17, 15) is 70.2 Å². The Balaban J connectivity index is 1.00. The zero-order chi connectivity index (χ0) is 100. The van der Waals surface area contributed by atoms with Crippen molar-refractivity contribution in [3.05, 3.63) is 346 Å². The second-order valence-electron chi connectivity index (χ2n) is 40.2. The van der Waals surface area contributed by atoms with Crippen molar-refractivity contribution in [2.45, 2.75) is 238 Å². The minimum absolute atomic E-state index is 0.0425. The molecule has 722 valence electrons. The molecule has 138 heavy (non-hydrogen) atoms. The summed E-state index contributed by atoms with van der Waals surface area (Å²) in [6, 6.07) is 47.1. The molecule has 0 saturated heterocycles. The zero-order valence-electron chi connectivity index (χ0n) is 83.3. The molecule has 0 amide bonds. The van der Waals surface area contributed by atoms with Gasteiger partial charge < -0.3 is 79.5 Å². The van der Waals surface area contributed by atoms with Crippen LogP contribution in [0.5, 0.6) is 69.0 Å². The minimum Gasteiger partial charge on any atom is -0.508 e. The normalized spacial score (nSPS) is 16.2. The molecule has 0 heterocycles. The number of carbonyl (C=O) groups is 4. The van der Waals surface area contributed by atoms with Gasteiger partial charge in [-0.05, 0) is 434 Å². The van der Waals surface area contributed by atoms with Crippen LogP contribution in [-0.4, -0.2) is 96.3 Å². The number of ether oxygens (including phenoxy) is 6. The molecule has 20 heteroatoms. The molecule has 2 aliphatic carbocycles. The van der Waals surface area contributed by atoms with E-state index in [0.29, 0.717) is 159 Å². The van der Waals surface area contributed by atoms with Crippen LogP contribution >= 0.6 is 0 Å². The van der Waals surface area contributed by atoms with Gasteiger partial charge in [-0.15, -0.1) is 0 Å². The first-order valence-electron chi connectivity index (χ1n) is 47.3. The third kappa shape index (κ3) is 19.2.